The summed E-state index contributed by atoms with van der Waals surface area (Å²) in [5, 5.41) is 0. The zero-order valence-corrected chi connectivity index (χ0v) is 7.70. The van der Waals surface area contributed by atoms with Crippen molar-refractivity contribution in [1.29, 1.82) is 0 Å². The van der Waals surface area contributed by atoms with Crippen molar-refractivity contribution >= 4 is 6.21 Å². The minimum atomic E-state index is 0.788. The third kappa shape index (κ3) is 2.05. The molecule has 0 N–H and O–H groups in total. The first-order valence-electron chi connectivity index (χ1n) is 3.79. The van der Waals surface area contributed by atoms with Crippen LogP contribution in [-0.2, 0) is 7.05 Å². The Balaban J connectivity index is 2.89. The fourth-order valence-electron chi connectivity index (χ4n) is 0.923. The summed E-state index contributed by atoms with van der Waals surface area (Å²) in [6, 6.07) is 0. The first-order chi connectivity index (χ1) is 5.59. The summed E-state index contributed by atoms with van der Waals surface area (Å²) in [6.07, 6.45) is 3.68. The molecule has 0 spiro atoms. The lowest BCUT2D eigenvalue weighted by atomic mass is 10.5. The third-order valence-electron chi connectivity index (χ3n) is 1.43. The normalized spacial score (nSPS) is 10.9. The lowest BCUT2D eigenvalue weighted by Gasteiger charge is -1.91. The second-order valence-corrected chi connectivity index (χ2v) is 2.84. The van der Waals surface area contributed by atoms with Crippen LogP contribution in [0.1, 0.15) is 18.4 Å². The van der Waals surface area contributed by atoms with Crippen molar-refractivity contribution in [2.45, 2.75) is 13.8 Å². The molecule has 3 nitrogen and oxygen atoms in total. The molecule has 0 aromatic carbocycles. The van der Waals surface area contributed by atoms with Gasteiger partial charge in [-0.3, -0.25) is 4.99 Å². The molecule has 0 atom stereocenters. The van der Waals surface area contributed by atoms with E-state index < -0.39 is 0 Å². The van der Waals surface area contributed by atoms with Gasteiger partial charge in [0, 0.05) is 18.9 Å². The summed E-state index contributed by atoms with van der Waals surface area (Å²) in [5.74, 6) is 0.857. The number of aromatic nitrogens is 2. The fourth-order valence-corrected chi connectivity index (χ4v) is 0.923. The first kappa shape index (κ1) is 8.71. The summed E-state index contributed by atoms with van der Waals surface area (Å²) >= 11 is 0. The molecule has 0 radical (unpaired) electrons. The summed E-state index contributed by atoms with van der Waals surface area (Å²) in [5.41, 5.74) is 1.79. The monoisotopic (exact) mass is 163 g/mol. The van der Waals surface area contributed by atoms with Gasteiger partial charge in [-0.1, -0.05) is 6.58 Å². The molecule has 1 aromatic rings. The zero-order chi connectivity index (χ0) is 9.14. The maximum Gasteiger partial charge on any atom is 0.151 e. The molecule has 0 unspecified atom stereocenters. The van der Waals surface area contributed by atoms with E-state index in [1.165, 1.54) is 0 Å². The molecular weight excluding hydrogens is 150 g/mol. The summed E-state index contributed by atoms with van der Waals surface area (Å²) in [6.45, 7) is 7.48. The van der Waals surface area contributed by atoms with Gasteiger partial charge in [0.05, 0.1) is 11.9 Å². The van der Waals surface area contributed by atoms with Gasteiger partial charge < -0.3 is 4.57 Å². The highest BCUT2D eigenvalue weighted by atomic mass is 15.0. The van der Waals surface area contributed by atoms with Gasteiger partial charge in [-0.2, -0.15) is 0 Å². The van der Waals surface area contributed by atoms with Gasteiger partial charge in [0.1, 0.15) is 0 Å². The van der Waals surface area contributed by atoms with Crippen LogP contribution >= 0.6 is 0 Å². The van der Waals surface area contributed by atoms with E-state index in [1.807, 2.05) is 31.7 Å². The van der Waals surface area contributed by atoms with E-state index in [1.54, 1.807) is 6.21 Å². The van der Waals surface area contributed by atoms with Crippen LogP contribution in [0.3, 0.4) is 0 Å². The van der Waals surface area contributed by atoms with Crippen LogP contribution < -0.4 is 0 Å². The van der Waals surface area contributed by atoms with E-state index in [0.717, 1.165) is 17.2 Å². The Hall–Kier alpha value is -1.38. The second kappa shape index (κ2) is 3.34. The lowest BCUT2D eigenvalue weighted by Crippen LogP contribution is -1.94. The van der Waals surface area contributed by atoms with Gasteiger partial charge in [-0.05, 0) is 13.8 Å². The Morgan fingerprint density at radius 1 is 1.75 bits per heavy atom. The molecule has 1 heterocycles. The minimum Gasteiger partial charge on any atom is -0.333 e. The standard InChI is InChI=1S/C9H13N3/c1-7(2)10-5-9-11-8(3)6-12(9)4/h5-6H,1H2,2-4H3. The van der Waals surface area contributed by atoms with Crippen LogP contribution in [0.5, 0.6) is 0 Å². The van der Waals surface area contributed by atoms with Gasteiger partial charge in [-0.15, -0.1) is 0 Å². The van der Waals surface area contributed by atoms with Gasteiger partial charge in [0.2, 0.25) is 0 Å². The number of aryl methyl sites for hydroxylation is 2. The summed E-state index contributed by atoms with van der Waals surface area (Å²) in [4.78, 5) is 8.32. The van der Waals surface area contributed by atoms with Crippen molar-refractivity contribution in [1.82, 2.24) is 9.55 Å². The molecule has 0 aliphatic rings. The number of imidazole rings is 1. The van der Waals surface area contributed by atoms with Crippen LogP contribution in [0, 0.1) is 6.92 Å². The van der Waals surface area contributed by atoms with Crippen molar-refractivity contribution in [3.05, 3.63) is 30.0 Å². The molecule has 12 heavy (non-hydrogen) atoms. The molecular formula is C9H13N3. The Bertz CT molecular complexity index is 321. The predicted molar refractivity (Wildman–Crippen MR) is 50.4 cm³/mol. The van der Waals surface area contributed by atoms with E-state index in [9.17, 15) is 0 Å². The Kier molecular flexibility index (Phi) is 2.43. The highest BCUT2D eigenvalue weighted by molar-refractivity contribution is 5.75. The summed E-state index contributed by atoms with van der Waals surface area (Å²) in [7, 11) is 1.94. The molecule has 0 aliphatic carbocycles. The Labute approximate surface area is 72.5 Å². The molecule has 0 aliphatic heterocycles. The number of rotatable bonds is 2. The number of aliphatic imine (C=N–C) groups is 1. The quantitative estimate of drug-likeness (QED) is 0.610. The maximum absolute atomic E-state index is 4.25. The maximum atomic E-state index is 4.25. The molecule has 0 saturated heterocycles. The van der Waals surface area contributed by atoms with Gasteiger partial charge in [0.15, 0.2) is 5.82 Å². The number of allylic oxidation sites excluding steroid dienone is 1. The third-order valence-corrected chi connectivity index (χ3v) is 1.43. The second-order valence-electron chi connectivity index (χ2n) is 2.84. The molecule has 64 valence electrons. The minimum absolute atomic E-state index is 0.788. The molecule has 0 bridgehead atoms. The highest BCUT2D eigenvalue weighted by Gasteiger charge is 1.96. The van der Waals surface area contributed by atoms with Crippen LogP contribution in [0.2, 0.25) is 0 Å². The smallest absolute Gasteiger partial charge is 0.151 e. The highest BCUT2D eigenvalue weighted by Crippen LogP contribution is 1.97. The molecule has 1 rings (SSSR count). The van der Waals surface area contributed by atoms with Crippen molar-refractivity contribution in [3.8, 4) is 0 Å². The van der Waals surface area contributed by atoms with E-state index >= 15 is 0 Å². The SMILES string of the molecule is C=C(C)N=Cc1nc(C)cn1C. The van der Waals surface area contributed by atoms with E-state index in [-0.39, 0.29) is 0 Å². The number of hydrogen-bond acceptors (Lipinski definition) is 2. The van der Waals surface area contributed by atoms with Crippen LogP contribution in [0.25, 0.3) is 0 Å². The molecule has 3 heteroatoms. The molecule has 0 amide bonds. The van der Waals surface area contributed by atoms with Gasteiger partial charge >= 0.3 is 0 Å². The van der Waals surface area contributed by atoms with E-state index in [0.29, 0.717) is 0 Å². The molecule has 1 aromatic heterocycles. The summed E-state index contributed by atoms with van der Waals surface area (Å²) < 4.78 is 1.93. The number of nitrogens with zero attached hydrogens (tertiary/aromatic N) is 3. The number of hydrogen-bond donors (Lipinski definition) is 0. The van der Waals surface area contributed by atoms with Crippen LogP contribution in [0.15, 0.2) is 23.5 Å². The topological polar surface area (TPSA) is 30.2 Å². The van der Waals surface area contributed by atoms with Crippen molar-refractivity contribution < 1.29 is 0 Å². The average Bonchev–Trinajstić information content (AvgIpc) is 2.26. The fraction of sp³-hybridized carbons (Fsp3) is 0.333. The largest absolute Gasteiger partial charge is 0.333 e. The predicted octanol–water partition coefficient (Wildman–Crippen LogP) is 1.68. The average molecular weight is 163 g/mol. The first-order valence-corrected chi connectivity index (χ1v) is 3.79. The van der Waals surface area contributed by atoms with Crippen molar-refractivity contribution in [3.63, 3.8) is 0 Å². The Morgan fingerprint density at radius 3 is 2.83 bits per heavy atom. The van der Waals surface area contributed by atoms with E-state index in [4.69, 9.17) is 0 Å². The molecule has 0 fully saturated rings. The van der Waals surface area contributed by atoms with Gasteiger partial charge in [-0.25, -0.2) is 4.98 Å². The zero-order valence-electron chi connectivity index (χ0n) is 7.70. The van der Waals surface area contributed by atoms with Gasteiger partial charge in [0.25, 0.3) is 0 Å². The van der Waals surface area contributed by atoms with Crippen LogP contribution in [-0.4, -0.2) is 15.8 Å². The van der Waals surface area contributed by atoms with Crippen molar-refractivity contribution in [2.24, 2.45) is 12.0 Å². The van der Waals surface area contributed by atoms with E-state index in [2.05, 4.69) is 16.6 Å². The van der Waals surface area contributed by atoms with Crippen molar-refractivity contribution in [2.75, 3.05) is 0 Å². The van der Waals surface area contributed by atoms with Crippen LogP contribution in [0.4, 0.5) is 0 Å². The molecule has 0 saturated carbocycles. The lowest BCUT2D eigenvalue weighted by molar-refractivity contribution is 0.901. The Morgan fingerprint density at radius 2 is 2.42 bits per heavy atom.